The Bertz CT molecular complexity index is 1280. The average molecular weight is 448 g/mol. The molecule has 1 aliphatic carbocycles. The second-order valence-electron chi connectivity index (χ2n) is 9.03. The van der Waals surface area contributed by atoms with Gasteiger partial charge in [0.05, 0.1) is 7.11 Å². The van der Waals surface area contributed by atoms with E-state index in [4.69, 9.17) is 4.74 Å². The molecule has 0 bridgehead atoms. The molecule has 3 nitrogen and oxygen atoms in total. The monoisotopic (exact) mass is 447 g/mol. The van der Waals surface area contributed by atoms with E-state index in [0.29, 0.717) is 6.54 Å². The molecule has 0 saturated heterocycles. The van der Waals surface area contributed by atoms with E-state index < -0.39 is 0 Å². The summed E-state index contributed by atoms with van der Waals surface area (Å²) in [4.78, 5) is 16.3. The molecule has 0 heterocycles. The van der Waals surface area contributed by atoms with Gasteiger partial charge in [0.2, 0.25) is 0 Å². The molecule has 34 heavy (non-hydrogen) atoms. The molecule has 0 N–H and O–H groups in total. The molecule has 1 aliphatic rings. The number of carbonyl (C=O) groups is 1. The van der Waals surface area contributed by atoms with Crippen LogP contribution >= 0.6 is 0 Å². The number of rotatable bonds is 6. The topological polar surface area (TPSA) is 29.5 Å². The summed E-state index contributed by atoms with van der Waals surface area (Å²) < 4.78 is 5.43. The van der Waals surface area contributed by atoms with E-state index in [-0.39, 0.29) is 11.9 Å². The smallest absolute Gasteiger partial charge is 0.255 e. The van der Waals surface area contributed by atoms with Crippen LogP contribution in [0.3, 0.4) is 0 Å². The molecule has 3 heteroatoms. The molecule has 5 rings (SSSR count). The first kappa shape index (κ1) is 22.0. The number of nitrogens with zero attached hydrogens (tertiary/aromatic N) is 1. The minimum atomic E-state index is 0.0665. The van der Waals surface area contributed by atoms with Gasteiger partial charge in [-0.15, -0.1) is 0 Å². The molecular weight excluding hydrogens is 418 g/mol. The van der Waals surface area contributed by atoms with E-state index in [1.165, 1.54) is 16.7 Å². The zero-order valence-corrected chi connectivity index (χ0v) is 19.7. The predicted molar refractivity (Wildman–Crippen MR) is 137 cm³/mol. The molecule has 1 amide bonds. The van der Waals surface area contributed by atoms with Crippen molar-refractivity contribution < 1.29 is 9.53 Å². The fraction of sp³-hybridized carbons (Fsp3) is 0.194. The standard InChI is InChI=1S/C31H29NO2/c1-22-14-16-23(17-15-22)21-32(27-18-24-8-3-4-9-25(24)19-27)31(33)30-13-6-5-12-29(30)26-10-7-11-28(20-26)34-2/h3-17,20,27H,18-19,21H2,1-2H3. The summed E-state index contributed by atoms with van der Waals surface area (Å²) in [5.41, 5.74) is 7.68. The molecular formula is C31H29NO2. The summed E-state index contributed by atoms with van der Waals surface area (Å²) in [5.74, 6) is 0.847. The van der Waals surface area contributed by atoms with Crippen LogP contribution in [0.4, 0.5) is 0 Å². The van der Waals surface area contributed by atoms with Gasteiger partial charge in [0.1, 0.15) is 5.75 Å². The Morgan fingerprint density at radius 3 is 2.24 bits per heavy atom. The van der Waals surface area contributed by atoms with Crippen LogP contribution in [-0.2, 0) is 19.4 Å². The molecule has 0 spiro atoms. The van der Waals surface area contributed by atoms with Gasteiger partial charge in [-0.2, -0.15) is 0 Å². The lowest BCUT2D eigenvalue weighted by Crippen LogP contribution is -2.40. The van der Waals surface area contributed by atoms with Crippen LogP contribution in [0.25, 0.3) is 11.1 Å². The second-order valence-corrected chi connectivity index (χ2v) is 9.03. The normalized spacial score (nSPS) is 12.9. The van der Waals surface area contributed by atoms with E-state index in [1.54, 1.807) is 7.11 Å². The van der Waals surface area contributed by atoms with Crippen LogP contribution in [0.15, 0.2) is 97.1 Å². The molecule has 0 unspecified atom stereocenters. The molecule has 0 atom stereocenters. The highest BCUT2D eigenvalue weighted by Crippen LogP contribution is 2.31. The molecule has 0 fully saturated rings. The number of hydrogen-bond donors (Lipinski definition) is 0. The van der Waals surface area contributed by atoms with E-state index in [1.807, 2.05) is 48.5 Å². The molecule has 0 radical (unpaired) electrons. The Morgan fingerprint density at radius 2 is 1.53 bits per heavy atom. The Morgan fingerprint density at radius 1 is 0.853 bits per heavy atom. The second kappa shape index (κ2) is 9.56. The minimum absolute atomic E-state index is 0.0665. The van der Waals surface area contributed by atoms with Crippen LogP contribution in [0.1, 0.15) is 32.6 Å². The number of fused-ring (bicyclic) bond motifs is 1. The van der Waals surface area contributed by atoms with Crippen molar-refractivity contribution in [2.75, 3.05) is 7.11 Å². The van der Waals surface area contributed by atoms with Gasteiger partial charge in [0.25, 0.3) is 5.91 Å². The minimum Gasteiger partial charge on any atom is -0.497 e. The number of amides is 1. The third kappa shape index (κ3) is 4.47. The van der Waals surface area contributed by atoms with E-state index in [9.17, 15) is 4.79 Å². The maximum absolute atomic E-state index is 14.2. The summed E-state index contributed by atoms with van der Waals surface area (Å²) in [6.45, 7) is 2.68. The number of aryl methyl sites for hydroxylation is 1. The fourth-order valence-corrected chi connectivity index (χ4v) is 4.88. The summed E-state index contributed by atoms with van der Waals surface area (Å²) in [6.07, 6.45) is 1.77. The lowest BCUT2D eigenvalue weighted by Gasteiger charge is -2.30. The van der Waals surface area contributed by atoms with Crippen molar-refractivity contribution in [3.8, 4) is 16.9 Å². The number of hydrogen-bond acceptors (Lipinski definition) is 2. The van der Waals surface area contributed by atoms with E-state index in [2.05, 4.69) is 60.4 Å². The molecule has 4 aromatic rings. The highest BCUT2D eigenvalue weighted by atomic mass is 16.5. The van der Waals surface area contributed by atoms with Crippen LogP contribution in [0, 0.1) is 6.92 Å². The van der Waals surface area contributed by atoms with Gasteiger partial charge in [-0.05, 0) is 65.8 Å². The van der Waals surface area contributed by atoms with Gasteiger partial charge in [-0.3, -0.25) is 4.79 Å². The van der Waals surface area contributed by atoms with Crippen molar-refractivity contribution in [2.45, 2.75) is 32.4 Å². The van der Waals surface area contributed by atoms with Crippen LogP contribution in [0.2, 0.25) is 0 Å². The summed E-state index contributed by atoms with van der Waals surface area (Å²) >= 11 is 0. The highest BCUT2D eigenvalue weighted by molar-refractivity contribution is 6.01. The van der Waals surface area contributed by atoms with Gasteiger partial charge in [0, 0.05) is 18.2 Å². The molecule has 0 aliphatic heterocycles. The van der Waals surface area contributed by atoms with Crippen LogP contribution in [-0.4, -0.2) is 24.0 Å². The Hall–Kier alpha value is -3.85. The van der Waals surface area contributed by atoms with Gasteiger partial charge in [0.15, 0.2) is 0 Å². The maximum Gasteiger partial charge on any atom is 0.255 e. The lowest BCUT2D eigenvalue weighted by molar-refractivity contribution is 0.0668. The number of ether oxygens (including phenoxy) is 1. The first-order valence-electron chi connectivity index (χ1n) is 11.8. The van der Waals surface area contributed by atoms with Gasteiger partial charge in [-0.25, -0.2) is 0 Å². The third-order valence-electron chi connectivity index (χ3n) is 6.74. The van der Waals surface area contributed by atoms with Crippen molar-refractivity contribution in [2.24, 2.45) is 0 Å². The molecule has 0 aromatic heterocycles. The van der Waals surface area contributed by atoms with Gasteiger partial charge < -0.3 is 9.64 Å². The van der Waals surface area contributed by atoms with Crippen molar-refractivity contribution in [1.29, 1.82) is 0 Å². The Kier molecular flexibility index (Phi) is 6.18. The summed E-state index contributed by atoms with van der Waals surface area (Å²) in [6, 6.07) is 33.0. The lowest BCUT2D eigenvalue weighted by atomic mass is 9.97. The fourth-order valence-electron chi connectivity index (χ4n) is 4.88. The van der Waals surface area contributed by atoms with Crippen molar-refractivity contribution in [3.05, 3.63) is 125 Å². The zero-order chi connectivity index (χ0) is 23.5. The number of carbonyl (C=O) groups excluding carboxylic acids is 1. The highest BCUT2D eigenvalue weighted by Gasteiger charge is 2.31. The first-order chi connectivity index (χ1) is 16.6. The summed E-state index contributed by atoms with van der Waals surface area (Å²) in [7, 11) is 1.66. The van der Waals surface area contributed by atoms with Crippen LogP contribution in [0.5, 0.6) is 5.75 Å². The average Bonchev–Trinajstić information content (AvgIpc) is 3.32. The molecule has 170 valence electrons. The zero-order valence-electron chi connectivity index (χ0n) is 19.7. The molecule has 4 aromatic carbocycles. The van der Waals surface area contributed by atoms with Crippen molar-refractivity contribution in [1.82, 2.24) is 4.90 Å². The first-order valence-corrected chi connectivity index (χ1v) is 11.8. The van der Waals surface area contributed by atoms with Crippen LogP contribution < -0.4 is 4.74 Å². The van der Waals surface area contributed by atoms with Gasteiger partial charge in [-0.1, -0.05) is 84.4 Å². The van der Waals surface area contributed by atoms with E-state index >= 15 is 0 Å². The number of methoxy groups -OCH3 is 1. The predicted octanol–water partition coefficient (Wildman–Crippen LogP) is 6.48. The SMILES string of the molecule is COc1cccc(-c2ccccc2C(=O)N(Cc2ccc(C)cc2)C2Cc3ccccc3C2)c1. The van der Waals surface area contributed by atoms with Crippen molar-refractivity contribution >= 4 is 5.91 Å². The number of benzene rings is 4. The van der Waals surface area contributed by atoms with E-state index in [0.717, 1.165) is 40.8 Å². The Balaban J connectivity index is 1.53. The van der Waals surface area contributed by atoms with Crippen molar-refractivity contribution in [3.63, 3.8) is 0 Å². The third-order valence-corrected chi connectivity index (χ3v) is 6.74. The maximum atomic E-state index is 14.2. The largest absolute Gasteiger partial charge is 0.497 e. The summed E-state index contributed by atoms with van der Waals surface area (Å²) in [5, 5.41) is 0. The Labute approximate surface area is 201 Å². The molecule has 0 saturated carbocycles. The quantitative estimate of drug-likeness (QED) is 0.339. The van der Waals surface area contributed by atoms with Gasteiger partial charge >= 0.3 is 0 Å².